The van der Waals surface area contributed by atoms with Gasteiger partial charge in [-0.2, -0.15) is 0 Å². The minimum Gasteiger partial charge on any atom is -0.425 e. The Bertz CT molecular complexity index is 626. The van der Waals surface area contributed by atoms with E-state index in [-0.39, 0.29) is 0 Å². The minimum atomic E-state index is -2.62. The molecule has 0 aromatic carbocycles. The van der Waals surface area contributed by atoms with E-state index in [1.165, 1.54) is 173 Å². The molecule has 4 aliphatic rings. The molecule has 0 radical (unpaired) electrons. The molecule has 12 heteroatoms. The highest BCUT2D eigenvalue weighted by Crippen LogP contribution is 2.48. The first-order valence-corrected chi connectivity index (χ1v) is 26.7. The van der Waals surface area contributed by atoms with Crippen molar-refractivity contribution in [3.63, 3.8) is 0 Å². The zero-order valence-corrected chi connectivity index (χ0v) is 35.0. The predicted molar refractivity (Wildman–Crippen MR) is 189 cm³/mol. The van der Waals surface area contributed by atoms with Crippen LogP contribution in [0.3, 0.4) is 0 Å². The number of rotatable bonds is 3. The molecule has 42 heavy (non-hydrogen) atoms. The zero-order chi connectivity index (χ0) is 29.0. The van der Waals surface area contributed by atoms with Crippen LogP contribution in [0.1, 0.15) is 173 Å². The summed E-state index contributed by atoms with van der Waals surface area (Å²) in [6.07, 6.45) is 36.8. The average molecular weight is 691 g/mol. The summed E-state index contributed by atoms with van der Waals surface area (Å²) in [5, 5.41) is 0. The van der Waals surface area contributed by atoms with Gasteiger partial charge < -0.3 is 24.7 Å². The van der Waals surface area contributed by atoms with Crippen LogP contribution < -0.4 is 0 Å². The Morgan fingerprint density at radius 1 is 0.405 bits per heavy atom. The Morgan fingerprint density at radius 3 is 1.21 bits per heavy atom. The van der Waals surface area contributed by atoms with Crippen molar-refractivity contribution >= 4 is 57.9 Å². The van der Waals surface area contributed by atoms with Crippen LogP contribution in [0.4, 0.5) is 0 Å². The Morgan fingerprint density at radius 2 is 0.762 bits per heavy atom. The molecule has 4 fully saturated rings. The molecule has 1 heterocycles. The van der Waals surface area contributed by atoms with Crippen LogP contribution in [0, 0.1) is 0 Å². The first kappa shape index (κ1) is 35.9. The summed E-state index contributed by atoms with van der Waals surface area (Å²) >= 11 is 0. The summed E-state index contributed by atoms with van der Waals surface area (Å²) in [5.41, 5.74) is 1.80. The zero-order valence-electron chi connectivity index (χ0n) is 27.2. The second-order valence-electron chi connectivity index (χ2n) is 13.9. The Balaban J connectivity index is 1.67. The molecule has 0 bridgehead atoms. The molecule has 3 saturated carbocycles. The van der Waals surface area contributed by atoms with Crippen LogP contribution in [-0.2, 0) is 24.7 Å². The highest BCUT2D eigenvalue weighted by atomic mass is 28.5. The molecule has 1 saturated heterocycles. The third kappa shape index (κ3) is 13.1. The topological polar surface area (TPSA) is 55.4 Å². The molecule has 0 aromatic rings. The molecule has 6 nitrogen and oxygen atoms in total. The second-order valence-corrected chi connectivity index (χ2v) is 27.9. The van der Waals surface area contributed by atoms with E-state index < -0.39 is 57.9 Å². The molecule has 0 N–H and O–H groups in total. The predicted octanol–water partition coefficient (Wildman–Crippen LogP) is 6.44. The summed E-state index contributed by atoms with van der Waals surface area (Å²) in [6, 6.07) is 0. The van der Waals surface area contributed by atoms with Crippen molar-refractivity contribution in [2.45, 2.75) is 190 Å². The fourth-order valence-corrected chi connectivity index (χ4v) is 28.4. The summed E-state index contributed by atoms with van der Waals surface area (Å²) in [4.78, 5) is 0. The molecular weight excluding hydrogens is 625 g/mol. The molecular formula is C30H66O6Si6. The first-order valence-electron chi connectivity index (χ1n) is 18.5. The van der Waals surface area contributed by atoms with Gasteiger partial charge in [0.1, 0.15) is 0 Å². The Labute approximate surface area is 271 Å². The lowest BCUT2D eigenvalue weighted by Crippen LogP contribution is -2.57. The summed E-state index contributed by atoms with van der Waals surface area (Å²) in [5.74, 6) is 0. The second kappa shape index (κ2) is 22.6. The Kier molecular flexibility index (Phi) is 19.3. The highest BCUT2D eigenvalue weighted by molar-refractivity contribution is 6.80. The van der Waals surface area contributed by atoms with Gasteiger partial charge in [-0.15, -0.1) is 0 Å². The van der Waals surface area contributed by atoms with E-state index in [0.29, 0.717) is 16.6 Å². The van der Waals surface area contributed by atoms with Gasteiger partial charge in [0, 0.05) is 11.1 Å². The number of hydrogen-bond donors (Lipinski definition) is 0. The summed E-state index contributed by atoms with van der Waals surface area (Å²) in [7, 11) is -8.78. The maximum atomic E-state index is 7.97. The quantitative estimate of drug-likeness (QED) is 0.318. The van der Waals surface area contributed by atoms with Crippen molar-refractivity contribution in [2.75, 3.05) is 0 Å². The fourth-order valence-electron chi connectivity index (χ4n) is 8.25. The maximum Gasteiger partial charge on any atom is 0.326 e. The Hall–Kier alpha value is 1.06. The SMILES string of the molecule is C1CCCCC([SiH]2O[SiH2]O[SiH2]O[SiH2]O[SiH2]O[Si](C3CCCCCCCCC3)(C3CCCCCCCCC3)O2)CCCC1. The number of hydrogen-bond acceptors (Lipinski definition) is 6. The van der Waals surface area contributed by atoms with Gasteiger partial charge in [0.15, 0.2) is 0 Å². The van der Waals surface area contributed by atoms with Crippen LogP contribution in [-0.4, -0.2) is 57.9 Å². The fraction of sp³-hybridized carbons (Fsp3) is 1.00. The lowest BCUT2D eigenvalue weighted by Gasteiger charge is -2.47. The van der Waals surface area contributed by atoms with E-state index in [4.69, 9.17) is 24.7 Å². The molecule has 0 amide bonds. The minimum absolute atomic E-state index is 0.597. The van der Waals surface area contributed by atoms with Gasteiger partial charge in [0.25, 0.3) is 40.0 Å². The van der Waals surface area contributed by atoms with Gasteiger partial charge in [-0.1, -0.05) is 135 Å². The van der Waals surface area contributed by atoms with Gasteiger partial charge in [-0.05, 0) is 44.1 Å². The standard InChI is InChI=1S/C30H66O6Si6/c1-4-10-16-22-28(23-17-11-5-1)41-34-39-32-37-31-38-33-40-35-42(36-41,29-24-18-12-6-2-7-13-19-25-29)30-26-20-14-8-3-9-15-21-27-30/h28-30,41H,1-27,37-40H2. The van der Waals surface area contributed by atoms with Crippen molar-refractivity contribution in [3.05, 3.63) is 0 Å². The summed E-state index contributed by atoms with van der Waals surface area (Å²) < 4.78 is 40.9. The average Bonchev–Trinajstić information content (AvgIpc) is 3.02. The van der Waals surface area contributed by atoms with Crippen molar-refractivity contribution in [1.82, 2.24) is 0 Å². The van der Waals surface area contributed by atoms with E-state index in [9.17, 15) is 0 Å². The molecule has 4 rings (SSSR count). The van der Waals surface area contributed by atoms with Gasteiger partial charge in [-0.3, -0.25) is 0 Å². The van der Waals surface area contributed by atoms with Gasteiger partial charge >= 0.3 is 17.8 Å². The van der Waals surface area contributed by atoms with Gasteiger partial charge in [-0.25, -0.2) is 0 Å². The molecule has 1 atom stereocenters. The van der Waals surface area contributed by atoms with Gasteiger partial charge in [0.05, 0.1) is 0 Å². The van der Waals surface area contributed by atoms with Crippen LogP contribution in [0.15, 0.2) is 0 Å². The molecule has 246 valence electrons. The highest BCUT2D eigenvalue weighted by Gasteiger charge is 2.53. The van der Waals surface area contributed by atoms with Crippen LogP contribution in [0.25, 0.3) is 0 Å². The largest absolute Gasteiger partial charge is 0.425 e. The van der Waals surface area contributed by atoms with Crippen molar-refractivity contribution in [3.8, 4) is 0 Å². The van der Waals surface area contributed by atoms with E-state index in [0.717, 1.165) is 0 Å². The maximum absolute atomic E-state index is 7.97. The normalized spacial score (nSPS) is 32.1. The monoisotopic (exact) mass is 690 g/mol. The first-order chi connectivity index (χ1) is 20.9. The lowest BCUT2D eigenvalue weighted by molar-refractivity contribution is 0.252. The van der Waals surface area contributed by atoms with Crippen molar-refractivity contribution < 1.29 is 24.7 Å². The molecule has 0 aromatic heterocycles. The van der Waals surface area contributed by atoms with Crippen LogP contribution in [0.2, 0.25) is 16.6 Å². The summed E-state index contributed by atoms with van der Waals surface area (Å²) in [6.45, 7) is 0. The van der Waals surface area contributed by atoms with Crippen molar-refractivity contribution in [1.29, 1.82) is 0 Å². The molecule has 0 spiro atoms. The molecule has 1 unspecified atom stereocenters. The van der Waals surface area contributed by atoms with E-state index in [1.54, 1.807) is 0 Å². The third-order valence-corrected chi connectivity index (χ3v) is 26.1. The van der Waals surface area contributed by atoms with Crippen LogP contribution in [0.5, 0.6) is 0 Å². The molecule has 1 aliphatic heterocycles. The smallest absolute Gasteiger partial charge is 0.326 e. The third-order valence-electron chi connectivity index (χ3n) is 10.7. The van der Waals surface area contributed by atoms with E-state index >= 15 is 0 Å². The van der Waals surface area contributed by atoms with E-state index in [2.05, 4.69) is 0 Å². The van der Waals surface area contributed by atoms with Gasteiger partial charge in [0.2, 0.25) is 0 Å². The van der Waals surface area contributed by atoms with E-state index in [1.807, 2.05) is 0 Å². The van der Waals surface area contributed by atoms with Crippen LogP contribution >= 0.6 is 0 Å². The molecule has 3 aliphatic carbocycles. The lowest BCUT2D eigenvalue weighted by atomic mass is 10.00. The van der Waals surface area contributed by atoms with Crippen molar-refractivity contribution in [2.24, 2.45) is 0 Å².